The molecule has 1 amide bonds. The van der Waals surface area contributed by atoms with E-state index in [1.807, 2.05) is 25.7 Å². The summed E-state index contributed by atoms with van der Waals surface area (Å²) in [6.45, 7) is 10.9. The molecule has 1 saturated carbocycles. The molecule has 0 spiro atoms. The monoisotopic (exact) mass is 413 g/mol. The molecular weight excluding hydrogens is 374 g/mol. The van der Waals surface area contributed by atoms with Gasteiger partial charge in [-0.15, -0.1) is 0 Å². The first-order valence-electron chi connectivity index (χ1n) is 11.7. The highest BCUT2D eigenvalue weighted by molar-refractivity contribution is 5.68. The van der Waals surface area contributed by atoms with Crippen LogP contribution in [0.4, 0.5) is 4.79 Å². The van der Waals surface area contributed by atoms with E-state index in [0.717, 1.165) is 38.4 Å². The molecule has 2 saturated heterocycles. The Balaban J connectivity index is 1.29. The van der Waals surface area contributed by atoms with Crippen molar-refractivity contribution in [2.75, 3.05) is 33.2 Å². The van der Waals surface area contributed by atoms with Gasteiger partial charge in [-0.1, -0.05) is 30.3 Å². The van der Waals surface area contributed by atoms with Gasteiger partial charge in [0.2, 0.25) is 0 Å². The number of rotatable bonds is 5. The Morgan fingerprint density at radius 1 is 1.10 bits per heavy atom. The van der Waals surface area contributed by atoms with Crippen LogP contribution in [0.15, 0.2) is 30.3 Å². The van der Waals surface area contributed by atoms with E-state index in [-0.39, 0.29) is 6.09 Å². The summed E-state index contributed by atoms with van der Waals surface area (Å²) in [4.78, 5) is 19.6. The average molecular weight is 414 g/mol. The molecule has 4 rings (SSSR count). The highest BCUT2D eigenvalue weighted by atomic mass is 16.6. The topological polar surface area (TPSA) is 36.0 Å². The van der Waals surface area contributed by atoms with Crippen LogP contribution >= 0.6 is 0 Å². The summed E-state index contributed by atoms with van der Waals surface area (Å²) in [5, 5.41) is 0. The van der Waals surface area contributed by atoms with Crippen molar-refractivity contribution in [1.29, 1.82) is 0 Å². The fourth-order valence-electron chi connectivity index (χ4n) is 5.56. The van der Waals surface area contributed by atoms with Crippen molar-refractivity contribution in [1.82, 2.24) is 14.7 Å². The molecule has 2 aliphatic heterocycles. The van der Waals surface area contributed by atoms with E-state index >= 15 is 0 Å². The second kappa shape index (κ2) is 8.51. The number of likely N-dealkylation sites (tertiary alicyclic amines) is 2. The Hall–Kier alpha value is -1.59. The van der Waals surface area contributed by atoms with Gasteiger partial charge >= 0.3 is 6.09 Å². The highest BCUT2D eigenvalue weighted by Gasteiger charge is 2.55. The lowest BCUT2D eigenvalue weighted by Crippen LogP contribution is -2.52. The summed E-state index contributed by atoms with van der Waals surface area (Å²) in [6.07, 6.45) is 5.93. The van der Waals surface area contributed by atoms with Crippen LogP contribution in [-0.4, -0.2) is 71.2 Å². The van der Waals surface area contributed by atoms with Crippen molar-refractivity contribution in [2.45, 2.75) is 76.6 Å². The minimum Gasteiger partial charge on any atom is -0.444 e. The zero-order chi connectivity index (χ0) is 21.4. The Morgan fingerprint density at radius 3 is 2.37 bits per heavy atom. The average Bonchev–Trinajstić information content (AvgIpc) is 3.40. The Labute approximate surface area is 182 Å². The van der Waals surface area contributed by atoms with Crippen molar-refractivity contribution in [3.8, 4) is 0 Å². The molecule has 0 aromatic heterocycles. The molecule has 5 nitrogen and oxygen atoms in total. The number of benzene rings is 1. The third-order valence-corrected chi connectivity index (χ3v) is 7.41. The third-order valence-electron chi connectivity index (χ3n) is 7.41. The zero-order valence-electron chi connectivity index (χ0n) is 19.3. The smallest absolute Gasteiger partial charge is 0.410 e. The van der Waals surface area contributed by atoms with Crippen molar-refractivity contribution < 1.29 is 9.53 Å². The number of carbonyl (C=O) groups is 1. The lowest BCUT2D eigenvalue weighted by molar-refractivity contribution is 0.00895. The van der Waals surface area contributed by atoms with Crippen molar-refractivity contribution >= 4 is 6.09 Å². The first-order valence-corrected chi connectivity index (χ1v) is 11.7. The van der Waals surface area contributed by atoms with Gasteiger partial charge in [0, 0.05) is 37.8 Å². The lowest BCUT2D eigenvalue weighted by Gasteiger charge is -2.43. The summed E-state index contributed by atoms with van der Waals surface area (Å²) >= 11 is 0. The fourth-order valence-corrected chi connectivity index (χ4v) is 5.56. The van der Waals surface area contributed by atoms with Crippen LogP contribution in [0.2, 0.25) is 0 Å². The van der Waals surface area contributed by atoms with Crippen molar-refractivity contribution in [3.63, 3.8) is 0 Å². The molecule has 1 atom stereocenters. The van der Waals surface area contributed by atoms with Crippen molar-refractivity contribution in [3.05, 3.63) is 35.9 Å². The van der Waals surface area contributed by atoms with Crippen LogP contribution in [0.3, 0.4) is 0 Å². The molecule has 1 aromatic rings. The summed E-state index contributed by atoms with van der Waals surface area (Å²) < 4.78 is 5.56. The second-order valence-corrected chi connectivity index (χ2v) is 10.6. The standard InChI is InChI=1S/C25H39N3O2/c1-24(2,3)30-23(29)28-16-11-22(12-17-28)26(4)25(13-14-25)21-10-15-27(19-21)18-20-8-6-5-7-9-20/h5-9,21-22H,10-19H2,1-4H3. The number of nitrogens with zero attached hydrogens (tertiary/aromatic N) is 3. The van der Waals surface area contributed by atoms with Crippen LogP contribution < -0.4 is 0 Å². The predicted octanol–water partition coefficient (Wildman–Crippen LogP) is 4.37. The number of ether oxygens (including phenoxy) is 1. The second-order valence-electron chi connectivity index (χ2n) is 10.6. The van der Waals surface area contributed by atoms with E-state index in [0.29, 0.717) is 11.6 Å². The summed E-state index contributed by atoms with van der Waals surface area (Å²) in [5.41, 5.74) is 1.40. The van der Waals surface area contributed by atoms with Gasteiger partial charge in [-0.05, 0) is 77.9 Å². The molecule has 1 unspecified atom stereocenters. The van der Waals surface area contributed by atoms with Crippen LogP contribution in [0.1, 0.15) is 58.4 Å². The van der Waals surface area contributed by atoms with Crippen LogP contribution in [0, 0.1) is 5.92 Å². The SMILES string of the molecule is CN(C1CCN(C(=O)OC(C)(C)C)CC1)C1(C2CCN(Cc3ccccc3)C2)CC1. The Bertz CT molecular complexity index is 718. The van der Waals surface area contributed by atoms with Gasteiger partial charge in [0.25, 0.3) is 0 Å². The maximum atomic E-state index is 12.4. The maximum absolute atomic E-state index is 12.4. The van der Waals surface area contributed by atoms with Gasteiger partial charge in [0.15, 0.2) is 0 Å². The number of carbonyl (C=O) groups excluding carboxylic acids is 1. The van der Waals surface area contributed by atoms with Crippen molar-refractivity contribution in [2.24, 2.45) is 5.92 Å². The molecule has 0 bridgehead atoms. The maximum Gasteiger partial charge on any atom is 0.410 e. The molecular formula is C25H39N3O2. The molecule has 3 fully saturated rings. The quantitative estimate of drug-likeness (QED) is 0.718. The van der Waals surface area contributed by atoms with Crippen LogP contribution in [-0.2, 0) is 11.3 Å². The Kier molecular flexibility index (Phi) is 6.13. The fraction of sp³-hybridized carbons (Fsp3) is 0.720. The molecule has 3 aliphatic rings. The van der Waals surface area contributed by atoms with Crippen LogP contribution in [0.25, 0.3) is 0 Å². The van der Waals surface area contributed by atoms with Gasteiger partial charge in [-0.3, -0.25) is 9.80 Å². The number of hydrogen-bond acceptors (Lipinski definition) is 4. The number of hydrogen-bond donors (Lipinski definition) is 0. The predicted molar refractivity (Wildman–Crippen MR) is 120 cm³/mol. The van der Waals surface area contributed by atoms with E-state index in [1.54, 1.807) is 0 Å². The number of amides is 1. The van der Waals surface area contributed by atoms with Crippen LogP contribution in [0.5, 0.6) is 0 Å². The molecule has 1 aromatic carbocycles. The lowest BCUT2D eigenvalue weighted by atomic mass is 9.91. The first kappa shape index (κ1) is 21.6. The summed E-state index contributed by atoms with van der Waals surface area (Å²) in [5.74, 6) is 0.773. The van der Waals surface area contributed by atoms with Gasteiger partial charge in [-0.2, -0.15) is 0 Å². The molecule has 30 heavy (non-hydrogen) atoms. The van der Waals surface area contributed by atoms with Gasteiger partial charge in [0.1, 0.15) is 5.60 Å². The normalized spacial score (nSPS) is 25.0. The minimum absolute atomic E-state index is 0.155. The summed E-state index contributed by atoms with van der Waals surface area (Å²) in [6, 6.07) is 11.4. The van der Waals surface area contributed by atoms with E-state index in [9.17, 15) is 4.79 Å². The van der Waals surface area contributed by atoms with E-state index in [4.69, 9.17) is 4.74 Å². The largest absolute Gasteiger partial charge is 0.444 e. The molecule has 5 heteroatoms. The van der Waals surface area contributed by atoms with Gasteiger partial charge < -0.3 is 9.64 Å². The van der Waals surface area contributed by atoms with Gasteiger partial charge in [0.05, 0.1) is 0 Å². The highest BCUT2D eigenvalue weighted by Crippen LogP contribution is 2.52. The molecule has 1 aliphatic carbocycles. The van der Waals surface area contributed by atoms with E-state index < -0.39 is 5.60 Å². The summed E-state index contributed by atoms with van der Waals surface area (Å²) in [7, 11) is 2.35. The molecule has 0 radical (unpaired) electrons. The number of piperidine rings is 1. The molecule has 0 N–H and O–H groups in total. The van der Waals surface area contributed by atoms with E-state index in [2.05, 4.69) is 47.2 Å². The van der Waals surface area contributed by atoms with E-state index in [1.165, 1.54) is 37.9 Å². The van der Waals surface area contributed by atoms with Gasteiger partial charge in [-0.25, -0.2) is 4.79 Å². The Morgan fingerprint density at radius 2 is 1.77 bits per heavy atom. The minimum atomic E-state index is -0.420. The zero-order valence-corrected chi connectivity index (χ0v) is 19.3. The molecule has 166 valence electrons. The third kappa shape index (κ3) is 4.83. The molecule has 2 heterocycles. The first-order chi connectivity index (χ1) is 14.3.